The maximum atomic E-state index is 8.10. The molecule has 1 aromatic heterocycles. The van der Waals surface area contributed by atoms with Crippen LogP contribution in [0.2, 0.25) is 0 Å². The highest BCUT2D eigenvalue weighted by molar-refractivity contribution is 7.11. The average molecular weight is 211 g/mol. The van der Waals surface area contributed by atoms with Gasteiger partial charge in [0, 0.05) is 35.5 Å². The van der Waals surface area contributed by atoms with Gasteiger partial charge in [0.05, 0.1) is 5.01 Å². The van der Waals surface area contributed by atoms with Gasteiger partial charge in [0.25, 0.3) is 0 Å². The van der Waals surface area contributed by atoms with Crippen LogP contribution in [0.4, 0.5) is 0 Å². The van der Waals surface area contributed by atoms with Crippen molar-refractivity contribution >= 4 is 11.3 Å². The highest BCUT2D eigenvalue weighted by atomic mass is 32.1. The fourth-order valence-corrected chi connectivity index (χ4v) is 2.07. The summed E-state index contributed by atoms with van der Waals surface area (Å²) < 4.78 is 0. The zero-order valence-corrected chi connectivity index (χ0v) is 9.16. The number of azide groups is 1. The summed E-state index contributed by atoms with van der Waals surface area (Å²) >= 11 is 1.68. The van der Waals surface area contributed by atoms with E-state index in [0.717, 1.165) is 18.0 Å². The Morgan fingerprint density at radius 1 is 1.64 bits per heavy atom. The first-order valence-electron chi connectivity index (χ1n) is 4.31. The van der Waals surface area contributed by atoms with Crippen molar-refractivity contribution < 1.29 is 0 Å². The van der Waals surface area contributed by atoms with Crippen LogP contribution in [0, 0.1) is 0 Å². The summed E-state index contributed by atoms with van der Waals surface area (Å²) in [5.74, 6) is 0. The fraction of sp³-hybridized carbons (Fsp3) is 0.625. The lowest BCUT2D eigenvalue weighted by atomic mass is 10.4. The highest BCUT2D eigenvalue weighted by Gasteiger charge is 2.01. The smallest absolute Gasteiger partial charge is 0.0929 e. The average Bonchev–Trinajstić information content (AvgIpc) is 2.52. The Hall–Kier alpha value is -1.10. The van der Waals surface area contributed by atoms with Crippen LogP contribution >= 0.6 is 11.3 Å². The van der Waals surface area contributed by atoms with Crippen LogP contribution in [0.1, 0.15) is 9.88 Å². The minimum Gasteiger partial charge on any atom is -0.304 e. The van der Waals surface area contributed by atoms with E-state index < -0.39 is 0 Å². The summed E-state index contributed by atoms with van der Waals surface area (Å²) in [4.78, 5) is 10.3. The predicted octanol–water partition coefficient (Wildman–Crippen LogP) is 2.06. The molecule has 0 atom stereocenters. The first-order valence-corrected chi connectivity index (χ1v) is 5.13. The molecule has 6 heteroatoms. The van der Waals surface area contributed by atoms with Crippen molar-refractivity contribution in [3.63, 3.8) is 0 Å². The number of thiazole rings is 1. The molecule has 76 valence electrons. The lowest BCUT2D eigenvalue weighted by molar-refractivity contribution is 0.406. The molecule has 1 rings (SSSR count). The molecule has 0 unspecified atom stereocenters. The molecule has 0 aliphatic carbocycles. The van der Waals surface area contributed by atoms with Crippen LogP contribution in [0.5, 0.6) is 0 Å². The number of hydrogen-bond donors (Lipinski definition) is 0. The van der Waals surface area contributed by atoms with Crippen molar-refractivity contribution in [3.8, 4) is 0 Å². The van der Waals surface area contributed by atoms with Crippen molar-refractivity contribution in [2.75, 3.05) is 20.6 Å². The highest BCUT2D eigenvalue weighted by Crippen LogP contribution is 2.14. The fourth-order valence-electron chi connectivity index (χ4n) is 1.04. The number of hydrogen-bond acceptors (Lipinski definition) is 4. The van der Waals surface area contributed by atoms with Crippen LogP contribution in [0.15, 0.2) is 11.3 Å². The van der Waals surface area contributed by atoms with Crippen LogP contribution in [0.25, 0.3) is 10.4 Å². The van der Waals surface area contributed by atoms with Gasteiger partial charge in [0.2, 0.25) is 0 Å². The third kappa shape index (κ3) is 3.74. The zero-order chi connectivity index (χ0) is 10.4. The van der Waals surface area contributed by atoms with Crippen molar-refractivity contribution in [2.24, 2.45) is 5.11 Å². The van der Waals surface area contributed by atoms with Gasteiger partial charge in [0.15, 0.2) is 0 Å². The van der Waals surface area contributed by atoms with E-state index in [2.05, 4.69) is 19.9 Å². The van der Waals surface area contributed by atoms with E-state index >= 15 is 0 Å². The Morgan fingerprint density at radius 2 is 2.43 bits per heavy atom. The van der Waals surface area contributed by atoms with Gasteiger partial charge in [-0.05, 0) is 19.6 Å². The number of nitrogens with zero attached hydrogens (tertiary/aromatic N) is 5. The molecular formula is C8H13N5S. The summed E-state index contributed by atoms with van der Waals surface area (Å²) in [6.07, 6.45) is 2.62. The van der Waals surface area contributed by atoms with Gasteiger partial charge in [-0.1, -0.05) is 5.11 Å². The summed E-state index contributed by atoms with van der Waals surface area (Å²) in [7, 11) is 4.05. The van der Waals surface area contributed by atoms with Crippen molar-refractivity contribution in [3.05, 3.63) is 26.5 Å². The zero-order valence-electron chi connectivity index (χ0n) is 8.34. The molecule has 0 fully saturated rings. The molecule has 0 aromatic carbocycles. The first kappa shape index (κ1) is 11.0. The Bertz CT molecular complexity index is 326. The Kier molecular flexibility index (Phi) is 4.39. The molecule has 1 heterocycles. The van der Waals surface area contributed by atoms with Gasteiger partial charge in [-0.3, -0.25) is 0 Å². The Labute approximate surface area is 87.0 Å². The molecule has 0 radical (unpaired) electrons. The second kappa shape index (κ2) is 5.59. The van der Waals surface area contributed by atoms with Crippen LogP contribution < -0.4 is 0 Å². The maximum absolute atomic E-state index is 8.10. The molecular weight excluding hydrogens is 198 g/mol. The molecule has 14 heavy (non-hydrogen) atoms. The topological polar surface area (TPSA) is 64.9 Å². The van der Waals surface area contributed by atoms with Crippen LogP contribution in [0.3, 0.4) is 0 Å². The third-order valence-electron chi connectivity index (χ3n) is 1.56. The lowest BCUT2D eigenvalue weighted by Gasteiger charge is -2.05. The summed E-state index contributed by atoms with van der Waals surface area (Å²) in [5, 5.41) is 4.51. The third-order valence-corrected chi connectivity index (χ3v) is 2.60. The molecule has 0 amide bonds. The number of aromatic nitrogens is 1. The van der Waals surface area contributed by atoms with Crippen LogP contribution in [-0.4, -0.2) is 30.5 Å². The van der Waals surface area contributed by atoms with E-state index in [0.29, 0.717) is 6.54 Å². The lowest BCUT2D eigenvalue weighted by Crippen LogP contribution is -2.09. The van der Waals surface area contributed by atoms with E-state index in [1.807, 2.05) is 20.3 Å². The molecule has 0 saturated carbocycles. The van der Waals surface area contributed by atoms with E-state index in [9.17, 15) is 0 Å². The number of rotatable bonds is 5. The first-order chi connectivity index (χ1) is 6.72. The summed E-state index contributed by atoms with van der Waals surface area (Å²) in [5.41, 5.74) is 8.10. The van der Waals surface area contributed by atoms with Gasteiger partial charge in [-0.15, -0.1) is 11.3 Å². The van der Waals surface area contributed by atoms with Gasteiger partial charge in [-0.25, -0.2) is 4.98 Å². The van der Waals surface area contributed by atoms with Crippen molar-refractivity contribution in [2.45, 2.75) is 13.0 Å². The van der Waals surface area contributed by atoms with Gasteiger partial charge >= 0.3 is 0 Å². The normalized spacial score (nSPS) is 10.2. The van der Waals surface area contributed by atoms with E-state index in [1.165, 1.54) is 4.88 Å². The minimum atomic E-state index is 0.491. The van der Waals surface area contributed by atoms with Gasteiger partial charge < -0.3 is 4.90 Å². The molecule has 0 N–H and O–H groups in total. The van der Waals surface area contributed by atoms with Crippen molar-refractivity contribution in [1.82, 2.24) is 9.88 Å². The SMILES string of the molecule is CN(C)Cc1cnc(CCN=[N+]=[N-])s1. The van der Waals surface area contributed by atoms with E-state index in [1.54, 1.807) is 11.3 Å². The molecule has 1 aromatic rings. The van der Waals surface area contributed by atoms with E-state index in [-0.39, 0.29) is 0 Å². The monoisotopic (exact) mass is 211 g/mol. The minimum absolute atomic E-state index is 0.491. The summed E-state index contributed by atoms with van der Waals surface area (Å²) in [6.45, 7) is 1.41. The molecule has 0 spiro atoms. The molecule has 0 bridgehead atoms. The molecule has 0 aliphatic rings. The molecule has 0 aliphatic heterocycles. The van der Waals surface area contributed by atoms with Gasteiger partial charge in [0.1, 0.15) is 0 Å². The Balaban J connectivity index is 2.46. The maximum Gasteiger partial charge on any atom is 0.0929 e. The largest absolute Gasteiger partial charge is 0.304 e. The second-order valence-corrected chi connectivity index (χ2v) is 4.36. The quantitative estimate of drug-likeness (QED) is 0.425. The molecule has 0 saturated heterocycles. The second-order valence-electron chi connectivity index (χ2n) is 3.16. The Morgan fingerprint density at radius 3 is 3.07 bits per heavy atom. The van der Waals surface area contributed by atoms with Crippen molar-refractivity contribution in [1.29, 1.82) is 0 Å². The van der Waals surface area contributed by atoms with Crippen LogP contribution in [-0.2, 0) is 13.0 Å². The van der Waals surface area contributed by atoms with Gasteiger partial charge in [-0.2, -0.15) is 0 Å². The summed E-state index contributed by atoms with van der Waals surface area (Å²) in [6, 6.07) is 0. The van der Waals surface area contributed by atoms with E-state index in [4.69, 9.17) is 5.53 Å². The standard InChI is InChI=1S/C8H13N5S/c1-13(2)6-7-5-10-8(14-7)3-4-11-12-9/h5H,3-4,6H2,1-2H3. The molecule has 5 nitrogen and oxygen atoms in total. The predicted molar refractivity (Wildman–Crippen MR) is 57.2 cm³/mol.